The Morgan fingerprint density at radius 2 is 1.74 bits per heavy atom. The van der Waals surface area contributed by atoms with E-state index in [0.29, 0.717) is 27.8 Å². The van der Waals surface area contributed by atoms with Crippen LogP contribution in [0, 0.1) is 39.3 Å². The summed E-state index contributed by atoms with van der Waals surface area (Å²) in [6, 6.07) is 7.31. The fourth-order valence-corrected chi connectivity index (χ4v) is 4.15. The molecule has 0 fully saturated rings. The van der Waals surface area contributed by atoms with E-state index < -0.39 is 22.8 Å². The van der Waals surface area contributed by atoms with Crippen LogP contribution in [-0.4, -0.2) is 24.6 Å². The smallest absolute Gasteiger partial charge is 0.264 e. The van der Waals surface area contributed by atoms with Gasteiger partial charge in [0.2, 0.25) is 5.88 Å². The third kappa shape index (κ3) is 5.30. The number of benzene rings is 2. The minimum absolute atomic E-state index is 0.0406. The van der Waals surface area contributed by atoms with Crippen LogP contribution in [0.5, 0.6) is 5.88 Å². The molecule has 4 rings (SSSR count). The minimum Gasteiger partial charge on any atom is -0.472 e. The van der Waals surface area contributed by atoms with Crippen molar-refractivity contribution in [2.45, 2.75) is 53.8 Å². The molecule has 38 heavy (non-hydrogen) atoms. The Morgan fingerprint density at radius 1 is 1.03 bits per heavy atom. The summed E-state index contributed by atoms with van der Waals surface area (Å²) in [5.41, 5.74) is 1.38. The number of aryl methyl sites for hydroxylation is 3. The summed E-state index contributed by atoms with van der Waals surface area (Å²) in [5, 5.41) is 10.7. The highest BCUT2D eigenvalue weighted by molar-refractivity contribution is 6.32. The van der Waals surface area contributed by atoms with Crippen molar-refractivity contribution in [3.05, 3.63) is 97.4 Å². The highest BCUT2D eigenvalue weighted by Gasteiger charge is 2.22. The van der Waals surface area contributed by atoms with Gasteiger partial charge in [0.1, 0.15) is 29.7 Å². The summed E-state index contributed by atoms with van der Waals surface area (Å²) < 4.78 is 34.8. The number of nitrogens with zero attached hydrogens (tertiary/aromatic N) is 4. The fraction of sp³-hybridized carbons (Fsp3) is 0.286. The second-order valence-corrected chi connectivity index (χ2v) is 10.1. The largest absolute Gasteiger partial charge is 0.472 e. The van der Waals surface area contributed by atoms with Crippen LogP contribution in [-0.2, 0) is 12.2 Å². The lowest BCUT2D eigenvalue weighted by atomic mass is 10.0. The van der Waals surface area contributed by atoms with Crippen LogP contribution in [0.4, 0.5) is 8.78 Å². The van der Waals surface area contributed by atoms with E-state index in [1.165, 1.54) is 17.6 Å². The van der Waals surface area contributed by atoms with Gasteiger partial charge >= 0.3 is 0 Å². The molecule has 0 unspecified atom stereocenters. The van der Waals surface area contributed by atoms with E-state index in [9.17, 15) is 18.7 Å². The first-order chi connectivity index (χ1) is 17.8. The van der Waals surface area contributed by atoms with Gasteiger partial charge in [-0.2, -0.15) is 4.98 Å². The maximum atomic E-state index is 14.2. The van der Waals surface area contributed by atoms with E-state index in [2.05, 4.69) is 15.0 Å². The zero-order chi connectivity index (χ0) is 27.9. The maximum absolute atomic E-state index is 14.2. The van der Waals surface area contributed by atoms with Gasteiger partial charge < -0.3 is 9.84 Å². The molecule has 198 valence electrons. The van der Waals surface area contributed by atoms with Crippen LogP contribution in [0.2, 0.25) is 5.02 Å². The fourth-order valence-electron chi connectivity index (χ4n) is 3.95. The Hall–Kier alpha value is -3.69. The van der Waals surface area contributed by atoms with E-state index in [0.717, 1.165) is 11.6 Å². The number of hydrogen-bond donors (Lipinski definition) is 1. The second-order valence-electron chi connectivity index (χ2n) is 9.66. The van der Waals surface area contributed by atoms with Crippen molar-refractivity contribution in [2.75, 3.05) is 0 Å². The third-order valence-electron chi connectivity index (χ3n) is 6.10. The zero-order valence-electron chi connectivity index (χ0n) is 21.9. The summed E-state index contributed by atoms with van der Waals surface area (Å²) in [5.74, 6) is -0.797. The van der Waals surface area contributed by atoms with Gasteiger partial charge in [-0.3, -0.25) is 9.36 Å². The Morgan fingerprint density at radius 3 is 2.42 bits per heavy atom. The standard InChI is InChI=1S/C28H27ClF2N4O3/c1-14-9-19(22(31)11-21(14)30)13-38-25-16(3)26(36)35(17(4)33-25)23-10-18(7-8-20(23)29)24-15(2)12-32-27(34-24)28(5,6)37/h7-12,37H,13H2,1-6H3. The Labute approximate surface area is 223 Å². The molecule has 10 heteroatoms. The normalized spacial score (nSPS) is 11.6. The first kappa shape index (κ1) is 27.3. The average Bonchev–Trinajstić information content (AvgIpc) is 2.84. The first-order valence-corrected chi connectivity index (χ1v) is 12.2. The van der Waals surface area contributed by atoms with Crippen LogP contribution >= 0.6 is 11.6 Å². The molecule has 0 saturated carbocycles. The van der Waals surface area contributed by atoms with Crippen molar-refractivity contribution < 1.29 is 18.6 Å². The van der Waals surface area contributed by atoms with Gasteiger partial charge in [-0.15, -0.1) is 0 Å². The van der Waals surface area contributed by atoms with Crippen molar-refractivity contribution in [3.63, 3.8) is 0 Å². The summed E-state index contributed by atoms with van der Waals surface area (Å²) in [6.45, 7) is 9.52. The Kier molecular flexibility index (Phi) is 7.36. The van der Waals surface area contributed by atoms with Crippen LogP contribution in [0.15, 0.2) is 41.3 Å². The van der Waals surface area contributed by atoms with E-state index in [1.807, 2.05) is 6.92 Å². The van der Waals surface area contributed by atoms with Gasteiger partial charge in [-0.1, -0.05) is 17.7 Å². The predicted octanol–water partition coefficient (Wildman–Crippen LogP) is 5.66. The van der Waals surface area contributed by atoms with Gasteiger partial charge in [-0.05, 0) is 70.9 Å². The highest BCUT2D eigenvalue weighted by Crippen LogP contribution is 2.30. The third-order valence-corrected chi connectivity index (χ3v) is 6.42. The number of aliphatic hydroxyl groups is 1. The van der Waals surface area contributed by atoms with Gasteiger partial charge in [0, 0.05) is 23.4 Å². The lowest BCUT2D eigenvalue weighted by molar-refractivity contribution is 0.0688. The van der Waals surface area contributed by atoms with Crippen LogP contribution in [0.3, 0.4) is 0 Å². The molecule has 7 nitrogen and oxygen atoms in total. The van der Waals surface area contributed by atoms with Crippen molar-refractivity contribution in [1.29, 1.82) is 0 Å². The molecule has 2 aromatic heterocycles. The van der Waals surface area contributed by atoms with Crippen molar-refractivity contribution >= 4 is 11.6 Å². The molecular weight excluding hydrogens is 514 g/mol. The summed E-state index contributed by atoms with van der Waals surface area (Å²) >= 11 is 6.52. The molecule has 0 radical (unpaired) electrons. The molecule has 4 aromatic rings. The molecule has 0 saturated heterocycles. The number of hydrogen-bond acceptors (Lipinski definition) is 6. The predicted molar refractivity (Wildman–Crippen MR) is 141 cm³/mol. The number of ether oxygens (including phenoxy) is 1. The SMILES string of the molecule is Cc1cc(COc2nc(C)n(-c3cc(-c4nc(C(C)(C)O)ncc4C)ccc3Cl)c(=O)c2C)c(F)cc1F. The van der Waals surface area contributed by atoms with Gasteiger partial charge in [0.25, 0.3) is 5.56 Å². The van der Waals surface area contributed by atoms with E-state index in [4.69, 9.17) is 16.3 Å². The summed E-state index contributed by atoms with van der Waals surface area (Å²) in [4.78, 5) is 26.6. The minimum atomic E-state index is -1.24. The van der Waals surface area contributed by atoms with Gasteiger partial charge in [0.15, 0.2) is 5.82 Å². The molecule has 0 bridgehead atoms. The molecule has 0 aliphatic heterocycles. The highest BCUT2D eigenvalue weighted by atomic mass is 35.5. The van der Waals surface area contributed by atoms with Crippen molar-refractivity contribution in [1.82, 2.24) is 19.5 Å². The van der Waals surface area contributed by atoms with Crippen molar-refractivity contribution in [3.8, 4) is 22.8 Å². The second kappa shape index (κ2) is 10.2. The van der Waals surface area contributed by atoms with Crippen molar-refractivity contribution in [2.24, 2.45) is 0 Å². The lowest BCUT2D eigenvalue weighted by Gasteiger charge is -2.18. The number of halogens is 3. The van der Waals surface area contributed by atoms with Crippen LogP contribution < -0.4 is 10.3 Å². The quantitative estimate of drug-likeness (QED) is 0.339. The summed E-state index contributed by atoms with van der Waals surface area (Å²) in [6.07, 6.45) is 1.63. The number of rotatable bonds is 6. The Balaban J connectivity index is 1.75. The molecule has 1 N–H and O–H groups in total. The molecular formula is C28H27ClF2N4O3. The van der Waals surface area contributed by atoms with E-state index in [-0.39, 0.29) is 35.0 Å². The molecule has 0 atom stereocenters. The average molecular weight is 541 g/mol. The molecule has 2 aromatic carbocycles. The first-order valence-electron chi connectivity index (χ1n) is 11.8. The monoisotopic (exact) mass is 540 g/mol. The number of aromatic nitrogens is 4. The maximum Gasteiger partial charge on any atom is 0.264 e. The molecule has 2 heterocycles. The van der Waals surface area contributed by atoms with Gasteiger partial charge in [0.05, 0.1) is 22.0 Å². The van der Waals surface area contributed by atoms with E-state index >= 15 is 0 Å². The molecule has 0 amide bonds. The zero-order valence-corrected chi connectivity index (χ0v) is 22.6. The van der Waals surface area contributed by atoms with E-state index in [1.54, 1.807) is 52.1 Å². The van der Waals surface area contributed by atoms with Crippen LogP contribution in [0.25, 0.3) is 16.9 Å². The lowest BCUT2D eigenvalue weighted by Crippen LogP contribution is -2.25. The molecule has 0 aliphatic carbocycles. The van der Waals surface area contributed by atoms with Crippen LogP contribution in [0.1, 0.15) is 47.8 Å². The molecule has 0 aliphatic rings. The van der Waals surface area contributed by atoms with Gasteiger partial charge in [-0.25, -0.2) is 18.7 Å². The molecule has 0 spiro atoms. The topological polar surface area (TPSA) is 90.1 Å². The Bertz CT molecular complexity index is 1610. The summed E-state index contributed by atoms with van der Waals surface area (Å²) in [7, 11) is 0.